The lowest BCUT2D eigenvalue weighted by molar-refractivity contribution is 0.834. The van der Waals surface area contributed by atoms with Crippen LogP contribution in [0, 0.1) is 5.92 Å². The van der Waals surface area contributed by atoms with E-state index < -0.39 is 0 Å². The molecule has 0 aliphatic rings. The van der Waals surface area contributed by atoms with Crippen LogP contribution in [-0.4, -0.2) is 0 Å². The van der Waals surface area contributed by atoms with Gasteiger partial charge in [0, 0.05) is 0 Å². The summed E-state index contributed by atoms with van der Waals surface area (Å²) in [6.45, 7) is 8.88. The molecule has 0 saturated carbocycles. The van der Waals surface area contributed by atoms with Crippen molar-refractivity contribution in [3.63, 3.8) is 0 Å². The van der Waals surface area contributed by atoms with Gasteiger partial charge < -0.3 is 0 Å². The minimum Gasteiger partial charge on any atom is -0.0814 e. The van der Waals surface area contributed by atoms with Crippen molar-refractivity contribution in [1.82, 2.24) is 0 Å². The molecule has 0 unspecified atom stereocenters. The van der Waals surface area contributed by atoms with Crippen molar-refractivity contribution in [2.24, 2.45) is 5.92 Å². The van der Waals surface area contributed by atoms with Crippen LogP contribution in [0.2, 0.25) is 0 Å². The molecular weight excluding hydrogens is 168 g/mol. The van der Waals surface area contributed by atoms with E-state index in [0.717, 1.165) is 0 Å². The zero-order valence-corrected chi connectivity index (χ0v) is 9.62. The Kier molecular flexibility index (Phi) is 3.94. The monoisotopic (exact) mass is 188 g/mol. The second-order valence-corrected chi connectivity index (χ2v) is 4.39. The van der Waals surface area contributed by atoms with Crippen molar-refractivity contribution in [1.29, 1.82) is 0 Å². The van der Waals surface area contributed by atoms with Crippen LogP contribution in [0.3, 0.4) is 0 Å². The van der Waals surface area contributed by atoms with Gasteiger partial charge in [-0.15, -0.1) is 0 Å². The molecule has 0 nitrogen and oxygen atoms in total. The molecule has 1 aromatic carbocycles. The molecule has 0 bridgehead atoms. The highest BCUT2D eigenvalue weighted by molar-refractivity contribution is 5.54. The summed E-state index contributed by atoms with van der Waals surface area (Å²) in [5.41, 5.74) is 2.79. The molecule has 0 heteroatoms. The topological polar surface area (TPSA) is 0 Å². The van der Waals surface area contributed by atoms with Gasteiger partial charge in [-0.25, -0.2) is 0 Å². The minimum atomic E-state index is 0.600. The average molecular weight is 188 g/mol. The molecule has 0 fully saturated rings. The maximum atomic E-state index is 2.25. The van der Waals surface area contributed by atoms with Crippen LogP contribution in [0.5, 0.6) is 0 Å². The molecule has 1 aromatic rings. The lowest BCUT2D eigenvalue weighted by Crippen LogP contribution is -1.91. The summed E-state index contributed by atoms with van der Waals surface area (Å²) in [6.07, 6.45) is 4.49. The standard InChI is InChI=1S/C14H20/c1-11(2)9-10-13-7-5-6-8-14(13)12(3)4/h5-12H,1-4H3. The maximum absolute atomic E-state index is 2.25. The Hall–Kier alpha value is -1.04. The Labute approximate surface area is 87.7 Å². The zero-order valence-electron chi connectivity index (χ0n) is 9.62. The average Bonchev–Trinajstić information content (AvgIpc) is 2.15. The van der Waals surface area contributed by atoms with Gasteiger partial charge in [0.05, 0.1) is 0 Å². The molecule has 0 spiro atoms. The van der Waals surface area contributed by atoms with Gasteiger partial charge in [-0.3, -0.25) is 0 Å². The molecule has 0 aliphatic carbocycles. The highest BCUT2D eigenvalue weighted by Gasteiger charge is 2.02. The largest absolute Gasteiger partial charge is 0.0814 e. The number of rotatable bonds is 3. The fourth-order valence-corrected chi connectivity index (χ4v) is 1.48. The van der Waals surface area contributed by atoms with Gasteiger partial charge in [-0.1, -0.05) is 64.1 Å². The molecule has 1 rings (SSSR count). The molecule has 0 amide bonds. The molecule has 0 radical (unpaired) electrons. The summed E-state index contributed by atoms with van der Waals surface area (Å²) < 4.78 is 0. The first-order valence-corrected chi connectivity index (χ1v) is 5.38. The molecule has 0 saturated heterocycles. The van der Waals surface area contributed by atoms with E-state index in [4.69, 9.17) is 0 Å². The highest BCUT2D eigenvalue weighted by atomic mass is 14.1. The molecule has 0 aliphatic heterocycles. The van der Waals surface area contributed by atoms with Crippen molar-refractivity contribution >= 4 is 6.08 Å². The van der Waals surface area contributed by atoms with Crippen LogP contribution in [0.1, 0.15) is 44.7 Å². The Balaban J connectivity index is 2.96. The van der Waals surface area contributed by atoms with E-state index in [1.165, 1.54) is 11.1 Å². The molecule has 76 valence electrons. The Morgan fingerprint density at radius 1 is 1.00 bits per heavy atom. The second kappa shape index (κ2) is 4.99. The Morgan fingerprint density at radius 2 is 1.64 bits per heavy atom. The van der Waals surface area contributed by atoms with Gasteiger partial charge in [-0.2, -0.15) is 0 Å². The number of benzene rings is 1. The van der Waals surface area contributed by atoms with E-state index in [1.807, 2.05) is 0 Å². The van der Waals surface area contributed by atoms with Crippen molar-refractivity contribution < 1.29 is 0 Å². The summed E-state index contributed by atoms with van der Waals surface area (Å²) in [5.74, 6) is 1.22. The van der Waals surface area contributed by atoms with Gasteiger partial charge in [0.1, 0.15) is 0 Å². The second-order valence-electron chi connectivity index (χ2n) is 4.39. The van der Waals surface area contributed by atoms with Crippen LogP contribution in [-0.2, 0) is 0 Å². The normalized spacial score (nSPS) is 11.9. The first kappa shape index (κ1) is 11.0. The summed E-state index contributed by atoms with van der Waals surface area (Å²) in [7, 11) is 0. The van der Waals surface area contributed by atoms with Gasteiger partial charge in [0.25, 0.3) is 0 Å². The van der Waals surface area contributed by atoms with E-state index in [1.54, 1.807) is 0 Å². The highest BCUT2D eigenvalue weighted by Crippen LogP contribution is 2.20. The summed E-state index contributed by atoms with van der Waals surface area (Å²) in [4.78, 5) is 0. The van der Waals surface area contributed by atoms with Crippen LogP contribution in [0.15, 0.2) is 30.3 Å². The van der Waals surface area contributed by atoms with E-state index >= 15 is 0 Å². The molecular formula is C14H20. The van der Waals surface area contributed by atoms with Gasteiger partial charge >= 0.3 is 0 Å². The summed E-state index contributed by atoms with van der Waals surface area (Å²) >= 11 is 0. The van der Waals surface area contributed by atoms with Crippen LogP contribution in [0.25, 0.3) is 6.08 Å². The Morgan fingerprint density at radius 3 is 2.21 bits per heavy atom. The Bertz CT molecular complexity index is 306. The first-order chi connectivity index (χ1) is 6.61. The van der Waals surface area contributed by atoms with Gasteiger partial charge in [0.2, 0.25) is 0 Å². The fourth-order valence-electron chi connectivity index (χ4n) is 1.48. The molecule has 14 heavy (non-hydrogen) atoms. The number of hydrogen-bond acceptors (Lipinski definition) is 0. The smallest absolute Gasteiger partial charge is 0.0213 e. The number of allylic oxidation sites excluding steroid dienone is 1. The fraction of sp³-hybridized carbons (Fsp3) is 0.429. The third-order valence-electron chi connectivity index (χ3n) is 2.28. The third-order valence-corrected chi connectivity index (χ3v) is 2.28. The maximum Gasteiger partial charge on any atom is -0.0213 e. The lowest BCUT2D eigenvalue weighted by Gasteiger charge is -2.09. The van der Waals surface area contributed by atoms with Crippen LogP contribution in [0.4, 0.5) is 0 Å². The number of hydrogen-bond donors (Lipinski definition) is 0. The molecule has 0 aromatic heterocycles. The zero-order chi connectivity index (χ0) is 10.6. The summed E-state index contributed by atoms with van der Waals surface area (Å²) in [6, 6.07) is 8.62. The van der Waals surface area contributed by atoms with Crippen molar-refractivity contribution in [3.05, 3.63) is 41.5 Å². The summed E-state index contributed by atoms with van der Waals surface area (Å²) in [5, 5.41) is 0. The van der Waals surface area contributed by atoms with Crippen LogP contribution >= 0.6 is 0 Å². The van der Waals surface area contributed by atoms with E-state index in [2.05, 4.69) is 64.1 Å². The molecule has 0 atom stereocenters. The van der Waals surface area contributed by atoms with E-state index in [0.29, 0.717) is 11.8 Å². The van der Waals surface area contributed by atoms with Gasteiger partial charge in [0.15, 0.2) is 0 Å². The van der Waals surface area contributed by atoms with E-state index in [9.17, 15) is 0 Å². The predicted octanol–water partition coefficient (Wildman–Crippen LogP) is 4.48. The predicted molar refractivity (Wildman–Crippen MR) is 64.4 cm³/mol. The van der Waals surface area contributed by atoms with Crippen molar-refractivity contribution in [2.75, 3.05) is 0 Å². The van der Waals surface area contributed by atoms with E-state index in [-0.39, 0.29) is 0 Å². The van der Waals surface area contributed by atoms with Crippen LogP contribution < -0.4 is 0 Å². The minimum absolute atomic E-state index is 0.600. The van der Waals surface area contributed by atoms with Crippen molar-refractivity contribution in [3.8, 4) is 0 Å². The lowest BCUT2D eigenvalue weighted by atomic mass is 9.96. The third kappa shape index (κ3) is 3.02. The SMILES string of the molecule is CC(C)C=Cc1ccccc1C(C)C. The molecule has 0 N–H and O–H groups in total. The first-order valence-electron chi connectivity index (χ1n) is 5.38. The quantitative estimate of drug-likeness (QED) is 0.656. The molecule has 0 heterocycles. The van der Waals surface area contributed by atoms with Gasteiger partial charge in [-0.05, 0) is 23.0 Å². The van der Waals surface area contributed by atoms with Crippen molar-refractivity contribution in [2.45, 2.75) is 33.6 Å².